The lowest BCUT2D eigenvalue weighted by atomic mass is 10.2. The van der Waals surface area contributed by atoms with Crippen LogP contribution in [0.4, 0.5) is 5.82 Å². The SMILES string of the molecule is NC(=S)c1cnn([C@@H]2CCS(=O)(=O)C2)c1N. The third kappa shape index (κ3) is 1.90. The van der Waals surface area contributed by atoms with Gasteiger partial charge in [0.05, 0.1) is 29.3 Å². The molecule has 0 unspecified atom stereocenters. The van der Waals surface area contributed by atoms with Crippen LogP contribution in [0.5, 0.6) is 0 Å². The molecule has 0 spiro atoms. The molecule has 1 aliphatic heterocycles. The quantitative estimate of drug-likeness (QED) is 0.692. The molecule has 1 aromatic heterocycles. The molecule has 1 aromatic rings. The van der Waals surface area contributed by atoms with Crippen LogP contribution in [0.1, 0.15) is 18.0 Å². The van der Waals surface area contributed by atoms with Gasteiger partial charge in [-0.05, 0) is 6.42 Å². The van der Waals surface area contributed by atoms with Crippen molar-refractivity contribution in [2.75, 3.05) is 17.2 Å². The molecule has 1 saturated heterocycles. The zero-order valence-electron chi connectivity index (χ0n) is 8.46. The Balaban J connectivity index is 2.33. The van der Waals surface area contributed by atoms with Crippen molar-refractivity contribution in [3.8, 4) is 0 Å². The van der Waals surface area contributed by atoms with E-state index in [4.69, 9.17) is 23.7 Å². The monoisotopic (exact) mass is 260 g/mol. The van der Waals surface area contributed by atoms with Crippen LogP contribution >= 0.6 is 12.2 Å². The third-order valence-corrected chi connectivity index (χ3v) is 4.62. The Morgan fingerprint density at radius 2 is 2.31 bits per heavy atom. The number of hydrogen-bond acceptors (Lipinski definition) is 5. The van der Waals surface area contributed by atoms with E-state index in [1.165, 1.54) is 10.9 Å². The average Bonchev–Trinajstić information content (AvgIpc) is 2.69. The van der Waals surface area contributed by atoms with E-state index < -0.39 is 9.84 Å². The summed E-state index contributed by atoms with van der Waals surface area (Å²) in [6.07, 6.45) is 2.01. The van der Waals surface area contributed by atoms with Crippen LogP contribution in [0, 0.1) is 0 Å². The second-order valence-corrected chi connectivity index (χ2v) is 6.48. The molecular weight excluding hydrogens is 248 g/mol. The highest BCUT2D eigenvalue weighted by atomic mass is 32.2. The first-order valence-corrected chi connectivity index (χ1v) is 6.97. The minimum Gasteiger partial charge on any atom is -0.389 e. The number of thiocarbonyl (C=S) groups is 1. The number of aromatic nitrogens is 2. The number of nitrogen functional groups attached to an aromatic ring is 1. The first-order valence-electron chi connectivity index (χ1n) is 4.74. The minimum absolute atomic E-state index is 0.0790. The summed E-state index contributed by atoms with van der Waals surface area (Å²) < 4.78 is 24.2. The predicted molar refractivity (Wildman–Crippen MR) is 64.8 cm³/mol. The van der Waals surface area contributed by atoms with Crippen LogP contribution in [0.25, 0.3) is 0 Å². The van der Waals surface area contributed by atoms with Gasteiger partial charge in [0, 0.05) is 0 Å². The van der Waals surface area contributed by atoms with E-state index in [0.717, 1.165) is 0 Å². The van der Waals surface area contributed by atoms with Crippen molar-refractivity contribution in [3.63, 3.8) is 0 Å². The zero-order chi connectivity index (χ0) is 11.9. The molecule has 1 fully saturated rings. The standard InChI is InChI=1S/C8H12N4O2S2/c9-7-6(8(10)15)3-11-12(7)5-1-2-16(13,14)4-5/h3,5H,1-2,4,9H2,(H2,10,15)/t5-/m1/s1. The van der Waals surface area contributed by atoms with Crippen molar-refractivity contribution in [1.82, 2.24) is 9.78 Å². The second kappa shape index (κ2) is 3.70. The second-order valence-electron chi connectivity index (χ2n) is 3.81. The summed E-state index contributed by atoms with van der Waals surface area (Å²) in [5.41, 5.74) is 11.8. The van der Waals surface area contributed by atoms with Crippen LogP contribution in [-0.4, -0.2) is 34.7 Å². The van der Waals surface area contributed by atoms with Crippen LogP contribution in [0.15, 0.2) is 6.20 Å². The molecule has 4 N–H and O–H groups in total. The van der Waals surface area contributed by atoms with Gasteiger partial charge in [-0.2, -0.15) is 5.10 Å². The van der Waals surface area contributed by atoms with Crippen molar-refractivity contribution in [2.24, 2.45) is 5.73 Å². The molecule has 0 amide bonds. The summed E-state index contributed by atoms with van der Waals surface area (Å²) >= 11 is 4.81. The maximum Gasteiger partial charge on any atom is 0.152 e. The van der Waals surface area contributed by atoms with Crippen molar-refractivity contribution in [1.29, 1.82) is 0 Å². The number of hydrogen-bond donors (Lipinski definition) is 2. The minimum atomic E-state index is -2.95. The van der Waals surface area contributed by atoms with Crippen molar-refractivity contribution in [3.05, 3.63) is 11.8 Å². The molecule has 0 aliphatic carbocycles. The van der Waals surface area contributed by atoms with E-state index in [0.29, 0.717) is 17.8 Å². The highest BCUT2D eigenvalue weighted by molar-refractivity contribution is 7.91. The van der Waals surface area contributed by atoms with Crippen molar-refractivity contribution < 1.29 is 8.42 Å². The van der Waals surface area contributed by atoms with Crippen LogP contribution in [0.3, 0.4) is 0 Å². The summed E-state index contributed by atoms with van der Waals surface area (Å²) in [4.78, 5) is 0.171. The molecule has 1 aliphatic rings. The van der Waals surface area contributed by atoms with Gasteiger partial charge in [0.1, 0.15) is 10.8 Å². The third-order valence-electron chi connectivity index (χ3n) is 2.65. The number of nitrogens with zero attached hydrogens (tertiary/aromatic N) is 2. The molecule has 6 nitrogen and oxygen atoms in total. The topological polar surface area (TPSA) is 104 Å². The summed E-state index contributed by atoms with van der Waals surface area (Å²) in [5, 5.41) is 4.04. The Kier molecular flexibility index (Phi) is 2.62. The molecule has 2 rings (SSSR count). The Morgan fingerprint density at radius 1 is 1.62 bits per heavy atom. The van der Waals surface area contributed by atoms with E-state index in [1.807, 2.05) is 0 Å². The summed E-state index contributed by atoms with van der Waals surface area (Å²) in [6, 6.07) is -0.201. The molecule has 16 heavy (non-hydrogen) atoms. The van der Waals surface area contributed by atoms with Crippen molar-refractivity contribution >= 4 is 32.9 Å². The van der Waals surface area contributed by atoms with Crippen LogP contribution in [0.2, 0.25) is 0 Å². The van der Waals surface area contributed by atoms with Gasteiger partial charge in [-0.3, -0.25) is 0 Å². The van der Waals surface area contributed by atoms with Gasteiger partial charge in [-0.15, -0.1) is 0 Å². The fourth-order valence-electron chi connectivity index (χ4n) is 1.82. The lowest BCUT2D eigenvalue weighted by molar-refractivity contribution is 0.507. The molecule has 1 atom stereocenters. The van der Waals surface area contributed by atoms with Gasteiger partial charge in [0.15, 0.2) is 9.84 Å². The molecule has 0 aromatic carbocycles. The lowest BCUT2D eigenvalue weighted by Gasteiger charge is -2.10. The number of sulfone groups is 1. The van der Waals surface area contributed by atoms with E-state index in [-0.39, 0.29) is 22.5 Å². The van der Waals surface area contributed by atoms with E-state index in [9.17, 15) is 8.42 Å². The van der Waals surface area contributed by atoms with Crippen LogP contribution in [-0.2, 0) is 9.84 Å². The fraction of sp³-hybridized carbons (Fsp3) is 0.500. The number of anilines is 1. The van der Waals surface area contributed by atoms with Crippen molar-refractivity contribution in [2.45, 2.75) is 12.5 Å². The first kappa shape index (κ1) is 11.3. The summed E-state index contributed by atoms with van der Waals surface area (Å²) in [5.74, 6) is 0.601. The maximum absolute atomic E-state index is 11.3. The molecule has 0 radical (unpaired) electrons. The van der Waals surface area contributed by atoms with E-state index in [1.54, 1.807) is 0 Å². The fourth-order valence-corrected chi connectivity index (χ4v) is 3.67. The number of nitrogens with two attached hydrogens (primary N) is 2. The maximum atomic E-state index is 11.3. The predicted octanol–water partition coefficient (Wildman–Crippen LogP) is -0.541. The average molecular weight is 260 g/mol. The highest BCUT2D eigenvalue weighted by Gasteiger charge is 2.31. The Morgan fingerprint density at radius 3 is 2.75 bits per heavy atom. The number of rotatable bonds is 2. The van der Waals surface area contributed by atoms with Gasteiger partial charge in [0.25, 0.3) is 0 Å². The highest BCUT2D eigenvalue weighted by Crippen LogP contribution is 2.26. The van der Waals surface area contributed by atoms with Gasteiger partial charge in [-0.1, -0.05) is 12.2 Å². The van der Waals surface area contributed by atoms with Gasteiger partial charge in [-0.25, -0.2) is 13.1 Å². The summed E-state index contributed by atoms with van der Waals surface area (Å²) in [6.45, 7) is 0. The van der Waals surface area contributed by atoms with Gasteiger partial charge >= 0.3 is 0 Å². The lowest BCUT2D eigenvalue weighted by Crippen LogP contribution is -2.17. The van der Waals surface area contributed by atoms with E-state index >= 15 is 0 Å². The molecule has 2 heterocycles. The Labute approximate surface area is 98.5 Å². The first-order chi connectivity index (χ1) is 7.41. The van der Waals surface area contributed by atoms with Crippen LogP contribution < -0.4 is 11.5 Å². The zero-order valence-corrected chi connectivity index (χ0v) is 10.1. The molecule has 8 heteroatoms. The van der Waals surface area contributed by atoms with Gasteiger partial charge in [0.2, 0.25) is 0 Å². The largest absolute Gasteiger partial charge is 0.389 e. The normalized spacial score (nSPS) is 23.4. The Hall–Kier alpha value is -1.15. The molecular formula is C8H12N4O2S2. The molecule has 88 valence electrons. The van der Waals surface area contributed by atoms with Gasteiger partial charge < -0.3 is 11.5 Å². The Bertz CT molecular complexity index is 534. The molecule has 0 saturated carbocycles. The summed E-state index contributed by atoms with van der Waals surface area (Å²) in [7, 11) is -2.95. The molecule has 0 bridgehead atoms. The van der Waals surface area contributed by atoms with E-state index in [2.05, 4.69) is 5.10 Å². The smallest absolute Gasteiger partial charge is 0.152 e.